The summed E-state index contributed by atoms with van der Waals surface area (Å²) in [6.07, 6.45) is 2.97. The molecule has 4 heteroatoms. The van der Waals surface area contributed by atoms with Crippen LogP contribution in [0.1, 0.15) is 34.1 Å². The molecule has 0 heterocycles. The summed E-state index contributed by atoms with van der Waals surface area (Å²) in [6, 6.07) is 0. The molecule has 0 aromatic heterocycles. The first-order valence-electron chi connectivity index (χ1n) is 6.25. The molecule has 0 N–H and O–H groups in total. The second kappa shape index (κ2) is 9.33. The Balaban J connectivity index is 3.89. The lowest BCUT2D eigenvalue weighted by molar-refractivity contribution is 0.352. The third kappa shape index (κ3) is 9.02. The Morgan fingerprint density at radius 3 is 2.18 bits per heavy atom. The fourth-order valence-corrected chi connectivity index (χ4v) is 4.09. The Bertz CT molecular complexity index is 221. The molecule has 0 unspecified atom stereocenters. The van der Waals surface area contributed by atoms with Gasteiger partial charge >= 0.3 is 0 Å². The zero-order chi connectivity index (χ0) is 13.4. The summed E-state index contributed by atoms with van der Waals surface area (Å²) >= 11 is 6.09. The van der Waals surface area contributed by atoms with E-state index in [1.807, 2.05) is 14.1 Å². The highest BCUT2D eigenvalue weighted by Crippen LogP contribution is 2.46. The summed E-state index contributed by atoms with van der Waals surface area (Å²) < 4.78 is 5.97. The van der Waals surface area contributed by atoms with Crippen molar-refractivity contribution in [3.05, 3.63) is 11.1 Å². The topological polar surface area (TPSA) is 12.5 Å². The Hall–Kier alpha value is 0.380. The van der Waals surface area contributed by atoms with Gasteiger partial charge in [-0.3, -0.25) is 0 Å². The van der Waals surface area contributed by atoms with Crippen LogP contribution in [0.2, 0.25) is 0 Å². The van der Waals surface area contributed by atoms with E-state index in [2.05, 4.69) is 38.7 Å². The average molecular weight is 280 g/mol. The van der Waals surface area contributed by atoms with Gasteiger partial charge in [0.05, 0.1) is 6.61 Å². The fourth-order valence-electron chi connectivity index (χ4n) is 1.63. The second-order valence-electron chi connectivity index (χ2n) is 5.06. The van der Waals surface area contributed by atoms with Crippen LogP contribution in [0.4, 0.5) is 0 Å². The maximum absolute atomic E-state index is 6.09. The van der Waals surface area contributed by atoms with Crippen LogP contribution in [0.3, 0.4) is 0 Å². The number of likely N-dealkylation sites (N-methyl/N-ethyl adjacent to an activating group) is 1. The molecule has 0 aliphatic rings. The van der Waals surface area contributed by atoms with Gasteiger partial charge in [-0.25, -0.2) is 0 Å². The van der Waals surface area contributed by atoms with E-state index < -0.39 is 0 Å². The van der Waals surface area contributed by atoms with Crippen molar-refractivity contribution in [1.29, 1.82) is 0 Å². The van der Waals surface area contributed by atoms with Crippen LogP contribution < -0.4 is 0 Å². The summed E-state index contributed by atoms with van der Waals surface area (Å²) in [5, 5.41) is 0.900. The van der Waals surface area contributed by atoms with Gasteiger partial charge in [-0.1, -0.05) is 45.4 Å². The van der Waals surface area contributed by atoms with E-state index in [0.717, 1.165) is 24.6 Å². The highest BCUT2D eigenvalue weighted by Gasteiger charge is 2.17. The molecule has 0 spiro atoms. The van der Waals surface area contributed by atoms with Crippen molar-refractivity contribution in [3.63, 3.8) is 0 Å². The van der Waals surface area contributed by atoms with E-state index in [9.17, 15) is 0 Å². The number of nitrogens with zero attached hydrogens (tertiary/aromatic N) is 1. The number of hydrogen-bond donors (Lipinski definition) is 0. The zero-order valence-electron chi connectivity index (χ0n) is 12.0. The molecule has 0 fully saturated rings. The smallest absolute Gasteiger partial charge is 0.0544 e. The van der Waals surface area contributed by atoms with Crippen LogP contribution in [0.25, 0.3) is 0 Å². The van der Waals surface area contributed by atoms with Crippen molar-refractivity contribution in [2.24, 2.45) is 0 Å². The Kier molecular flexibility index (Phi) is 9.54. The van der Waals surface area contributed by atoms with E-state index in [0.29, 0.717) is 11.3 Å². The molecule has 0 radical (unpaired) electrons. The number of hydrogen-bond acceptors (Lipinski definition) is 2. The van der Waals surface area contributed by atoms with Crippen LogP contribution in [0, 0.1) is 0 Å². The molecule has 0 aromatic carbocycles. The molecule has 0 aromatic rings. The number of rotatable bonds is 8. The lowest BCUT2D eigenvalue weighted by Gasteiger charge is -2.24. The van der Waals surface area contributed by atoms with E-state index in [1.165, 1.54) is 0 Å². The minimum Gasteiger partial charge on any atom is -0.358 e. The molecular weight excluding hydrogens is 253 g/mol. The van der Waals surface area contributed by atoms with Gasteiger partial charge in [-0.05, 0) is 31.8 Å². The summed E-state index contributed by atoms with van der Waals surface area (Å²) in [4.78, 5) is 2.06. The largest absolute Gasteiger partial charge is 0.358 e. The van der Waals surface area contributed by atoms with Crippen molar-refractivity contribution in [3.8, 4) is 0 Å². The fraction of sp³-hybridized carbons (Fsp3) is 0.846. The Labute approximate surface area is 113 Å². The summed E-state index contributed by atoms with van der Waals surface area (Å²) in [5.74, 6) is 0. The predicted octanol–water partition coefficient (Wildman–Crippen LogP) is 4.29. The zero-order valence-corrected chi connectivity index (χ0v) is 13.7. The minimum absolute atomic E-state index is 0.309. The molecule has 102 valence electrons. The summed E-state index contributed by atoms with van der Waals surface area (Å²) in [7, 11) is 3.73. The normalized spacial score (nSPS) is 13.5. The predicted molar refractivity (Wildman–Crippen MR) is 80.3 cm³/mol. The maximum atomic E-state index is 6.09. The van der Waals surface area contributed by atoms with Gasteiger partial charge in [0, 0.05) is 19.7 Å². The standard InChI is InChI=1S/C13H27ClNOP/c1-11(2)17(12(3)4)16-9-7-8-13(14)10-15(5)6/h8,11-12H,7,9-10H2,1-6H3. The Morgan fingerprint density at radius 2 is 1.76 bits per heavy atom. The molecule has 17 heavy (non-hydrogen) atoms. The van der Waals surface area contributed by atoms with Gasteiger partial charge < -0.3 is 9.42 Å². The van der Waals surface area contributed by atoms with Gasteiger partial charge in [0.2, 0.25) is 0 Å². The lowest BCUT2D eigenvalue weighted by Crippen LogP contribution is -2.13. The molecule has 0 aliphatic carbocycles. The maximum Gasteiger partial charge on any atom is 0.0544 e. The molecular formula is C13H27ClNOP. The number of halogens is 1. The molecule has 0 bridgehead atoms. The quantitative estimate of drug-likeness (QED) is 0.485. The first-order valence-corrected chi connectivity index (χ1v) is 8.02. The van der Waals surface area contributed by atoms with Crippen LogP contribution >= 0.6 is 19.7 Å². The molecule has 0 saturated carbocycles. The first kappa shape index (κ1) is 17.4. The van der Waals surface area contributed by atoms with Gasteiger partial charge in [0.25, 0.3) is 0 Å². The van der Waals surface area contributed by atoms with Gasteiger partial charge in [0.15, 0.2) is 0 Å². The lowest BCUT2D eigenvalue weighted by atomic mass is 10.4. The highest BCUT2D eigenvalue weighted by molar-refractivity contribution is 7.54. The SMILES string of the molecule is CC(C)P(OCCC=C(Cl)CN(C)C)C(C)C. The van der Waals surface area contributed by atoms with Crippen LogP contribution in [-0.4, -0.2) is 43.5 Å². The van der Waals surface area contributed by atoms with E-state index in [1.54, 1.807) is 0 Å². The monoisotopic (exact) mass is 279 g/mol. The van der Waals surface area contributed by atoms with Crippen molar-refractivity contribution >= 4 is 19.7 Å². The summed E-state index contributed by atoms with van der Waals surface area (Å²) in [6.45, 7) is 10.5. The molecule has 0 amide bonds. The molecule has 0 rings (SSSR count). The third-order valence-electron chi connectivity index (χ3n) is 2.21. The van der Waals surface area contributed by atoms with Crippen LogP contribution in [-0.2, 0) is 4.52 Å². The van der Waals surface area contributed by atoms with Crippen molar-refractivity contribution < 1.29 is 4.52 Å². The van der Waals surface area contributed by atoms with Gasteiger partial charge in [-0.2, -0.15) is 0 Å². The second-order valence-corrected chi connectivity index (χ2v) is 8.59. The summed E-state index contributed by atoms with van der Waals surface area (Å²) in [5.41, 5.74) is 1.26. The molecule has 2 nitrogen and oxygen atoms in total. The van der Waals surface area contributed by atoms with Crippen LogP contribution in [0.15, 0.2) is 11.1 Å². The first-order chi connectivity index (χ1) is 7.84. The molecule has 0 atom stereocenters. The van der Waals surface area contributed by atoms with E-state index in [4.69, 9.17) is 16.1 Å². The van der Waals surface area contributed by atoms with Crippen molar-refractivity contribution in [2.75, 3.05) is 27.2 Å². The third-order valence-corrected chi connectivity index (χ3v) is 5.00. The van der Waals surface area contributed by atoms with Crippen LogP contribution in [0.5, 0.6) is 0 Å². The molecule has 0 saturated heterocycles. The highest BCUT2D eigenvalue weighted by atomic mass is 35.5. The Morgan fingerprint density at radius 1 is 1.24 bits per heavy atom. The average Bonchev–Trinajstić information content (AvgIpc) is 2.14. The molecule has 0 aliphatic heterocycles. The van der Waals surface area contributed by atoms with Gasteiger partial charge in [-0.15, -0.1) is 0 Å². The van der Waals surface area contributed by atoms with Crippen molar-refractivity contribution in [1.82, 2.24) is 4.90 Å². The van der Waals surface area contributed by atoms with E-state index >= 15 is 0 Å². The minimum atomic E-state index is -0.309. The van der Waals surface area contributed by atoms with Gasteiger partial charge in [0.1, 0.15) is 0 Å². The van der Waals surface area contributed by atoms with Crippen molar-refractivity contribution in [2.45, 2.75) is 45.4 Å². The van der Waals surface area contributed by atoms with E-state index in [-0.39, 0.29) is 8.15 Å².